The molecule has 7 nitrogen and oxygen atoms in total. The van der Waals surface area contributed by atoms with Crippen LogP contribution in [0.4, 0.5) is 4.79 Å². The highest BCUT2D eigenvalue weighted by Crippen LogP contribution is 2.13. The minimum absolute atomic E-state index is 0.281. The van der Waals surface area contributed by atoms with Crippen LogP contribution in [-0.4, -0.2) is 79.8 Å². The Morgan fingerprint density at radius 3 is 2.33 bits per heavy atom. The van der Waals surface area contributed by atoms with Gasteiger partial charge in [0.15, 0.2) is 5.96 Å². The molecule has 0 bridgehead atoms. The molecule has 158 valence electrons. The van der Waals surface area contributed by atoms with E-state index in [9.17, 15) is 4.79 Å². The van der Waals surface area contributed by atoms with Crippen LogP contribution in [0.15, 0.2) is 4.99 Å². The summed E-state index contributed by atoms with van der Waals surface area (Å²) in [5.74, 6) is 1.12. The molecule has 1 saturated heterocycles. The molecule has 0 aromatic rings. The molecule has 27 heavy (non-hydrogen) atoms. The predicted molar refractivity (Wildman–Crippen MR) is 112 cm³/mol. The van der Waals surface area contributed by atoms with Crippen LogP contribution < -0.4 is 10.6 Å². The van der Waals surface area contributed by atoms with Crippen molar-refractivity contribution in [3.05, 3.63) is 0 Å². The Labute approximate surface area is 165 Å². The van der Waals surface area contributed by atoms with Crippen LogP contribution in [0.5, 0.6) is 0 Å². The molecule has 1 fully saturated rings. The van der Waals surface area contributed by atoms with Crippen molar-refractivity contribution >= 4 is 12.1 Å². The number of piperidine rings is 1. The third-order valence-corrected chi connectivity index (χ3v) is 4.73. The fourth-order valence-corrected chi connectivity index (χ4v) is 3.17. The first-order valence-corrected chi connectivity index (χ1v) is 10.2. The van der Waals surface area contributed by atoms with Crippen LogP contribution in [0.1, 0.15) is 54.4 Å². The summed E-state index contributed by atoms with van der Waals surface area (Å²) in [6.45, 7) is 15.9. The van der Waals surface area contributed by atoms with Gasteiger partial charge in [-0.3, -0.25) is 4.99 Å². The lowest BCUT2D eigenvalue weighted by Gasteiger charge is -2.35. The van der Waals surface area contributed by atoms with E-state index in [1.807, 2.05) is 20.8 Å². The molecule has 7 heteroatoms. The van der Waals surface area contributed by atoms with Crippen molar-refractivity contribution in [1.29, 1.82) is 0 Å². The van der Waals surface area contributed by atoms with Gasteiger partial charge in [0.05, 0.1) is 0 Å². The average molecular weight is 384 g/mol. The summed E-state index contributed by atoms with van der Waals surface area (Å²) in [6, 6.07) is 1.08. The van der Waals surface area contributed by atoms with Crippen LogP contribution in [0.2, 0.25) is 0 Å². The fraction of sp³-hybridized carbons (Fsp3) is 0.900. The minimum Gasteiger partial charge on any atom is -0.444 e. The number of carbonyl (C=O) groups excluding carboxylic acids is 1. The first-order chi connectivity index (χ1) is 12.5. The molecule has 1 atom stereocenters. The SMILES string of the molecule is CN=C(NCC(C)CN(C)C(=O)OC(C)(C)C)NC1CCN(C(C)C)CC1. The van der Waals surface area contributed by atoms with Gasteiger partial charge < -0.3 is 25.2 Å². The van der Waals surface area contributed by atoms with E-state index in [2.05, 4.69) is 41.3 Å². The molecule has 1 unspecified atom stereocenters. The van der Waals surface area contributed by atoms with Gasteiger partial charge in [0.25, 0.3) is 0 Å². The van der Waals surface area contributed by atoms with Gasteiger partial charge >= 0.3 is 6.09 Å². The molecule has 2 N–H and O–H groups in total. The Hall–Kier alpha value is -1.50. The largest absolute Gasteiger partial charge is 0.444 e. The quantitative estimate of drug-likeness (QED) is 0.545. The monoisotopic (exact) mass is 383 g/mol. The Morgan fingerprint density at radius 2 is 1.85 bits per heavy atom. The highest BCUT2D eigenvalue weighted by Gasteiger charge is 2.22. The Bertz CT molecular complexity index is 479. The van der Waals surface area contributed by atoms with Crippen LogP contribution in [0.25, 0.3) is 0 Å². The first kappa shape index (κ1) is 23.5. The smallest absolute Gasteiger partial charge is 0.410 e. The van der Waals surface area contributed by atoms with Crippen molar-refractivity contribution in [2.75, 3.05) is 40.3 Å². The average Bonchev–Trinajstić information content (AvgIpc) is 2.57. The lowest BCUT2D eigenvalue weighted by atomic mass is 10.0. The number of hydrogen-bond donors (Lipinski definition) is 2. The Kier molecular flexibility index (Phi) is 9.36. The zero-order chi connectivity index (χ0) is 20.6. The van der Waals surface area contributed by atoms with Crippen LogP contribution in [0, 0.1) is 5.92 Å². The number of likely N-dealkylation sites (tertiary alicyclic amines) is 1. The van der Waals surface area contributed by atoms with Crippen LogP contribution in [-0.2, 0) is 4.74 Å². The van der Waals surface area contributed by atoms with Gasteiger partial charge in [-0.05, 0) is 53.4 Å². The Balaban J connectivity index is 2.34. The number of nitrogens with zero attached hydrogens (tertiary/aromatic N) is 3. The number of nitrogens with one attached hydrogen (secondary N) is 2. The maximum absolute atomic E-state index is 12.1. The van der Waals surface area contributed by atoms with E-state index in [1.165, 1.54) is 0 Å². The molecule has 1 rings (SSSR count). The number of amides is 1. The van der Waals surface area contributed by atoms with Crippen molar-refractivity contribution in [3.63, 3.8) is 0 Å². The zero-order valence-corrected chi connectivity index (χ0v) is 18.6. The predicted octanol–water partition coefficient (Wildman–Crippen LogP) is 2.53. The van der Waals surface area contributed by atoms with Crippen LogP contribution >= 0.6 is 0 Å². The molecular formula is C20H41N5O2. The normalized spacial score (nSPS) is 18.3. The molecule has 0 aromatic heterocycles. The summed E-state index contributed by atoms with van der Waals surface area (Å²) < 4.78 is 5.40. The van der Waals surface area contributed by atoms with Gasteiger partial charge in [0.2, 0.25) is 0 Å². The number of hydrogen-bond acceptors (Lipinski definition) is 4. The summed E-state index contributed by atoms with van der Waals surface area (Å²) >= 11 is 0. The van der Waals surface area contributed by atoms with Crippen LogP contribution in [0.3, 0.4) is 0 Å². The molecule has 1 heterocycles. The van der Waals surface area contributed by atoms with Gasteiger partial charge in [-0.25, -0.2) is 4.79 Å². The van der Waals surface area contributed by atoms with E-state index in [-0.39, 0.29) is 12.0 Å². The summed E-state index contributed by atoms with van der Waals surface area (Å²) in [4.78, 5) is 20.6. The van der Waals surface area contributed by atoms with Crippen molar-refractivity contribution in [1.82, 2.24) is 20.4 Å². The van der Waals surface area contributed by atoms with E-state index in [1.54, 1.807) is 19.0 Å². The Morgan fingerprint density at radius 1 is 1.26 bits per heavy atom. The summed E-state index contributed by atoms with van der Waals surface area (Å²) in [7, 11) is 3.58. The lowest BCUT2D eigenvalue weighted by Crippen LogP contribution is -2.50. The third-order valence-electron chi connectivity index (χ3n) is 4.73. The molecule has 0 aliphatic carbocycles. The number of aliphatic imine (C=N–C) groups is 1. The first-order valence-electron chi connectivity index (χ1n) is 10.2. The summed E-state index contributed by atoms with van der Waals surface area (Å²) in [6.07, 6.45) is 1.99. The molecule has 0 spiro atoms. The van der Waals surface area contributed by atoms with Crippen molar-refractivity contribution in [2.45, 2.75) is 72.1 Å². The van der Waals surface area contributed by atoms with E-state index in [4.69, 9.17) is 4.74 Å². The van der Waals surface area contributed by atoms with Gasteiger partial charge in [-0.1, -0.05) is 6.92 Å². The standard InChI is InChI=1S/C20H41N5O2/c1-15(2)25-11-9-17(10-12-25)23-18(21-7)22-13-16(3)14-24(8)19(26)27-20(4,5)6/h15-17H,9-14H2,1-8H3,(H2,21,22,23). The van der Waals surface area contributed by atoms with Gasteiger partial charge in [0, 0.05) is 52.4 Å². The van der Waals surface area contributed by atoms with Gasteiger partial charge in [-0.2, -0.15) is 0 Å². The third kappa shape index (κ3) is 9.31. The second-order valence-corrected chi connectivity index (χ2v) is 8.97. The topological polar surface area (TPSA) is 69.2 Å². The van der Waals surface area contributed by atoms with Gasteiger partial charge in [0.1, 0.15) is 5.60 Å². The molecule has 1 aliphatic rings. The number of ether oxygens (including phenoxy) is 1. The number of guanidine groups is 1. The molecule has 0 radical (unpaired) electrons. The maximum Gasteiger partial charge on any atom is 0.410 e. The lowest BCUT2D eigenvalue weighted by molar-refractivity contribution is 0.0278. The second kappa shape index (κ2) is 10.7. The van der Waals surface area contributed by atoms with Crippen molar-refractivity contribution < 1.29 is 9.53 Å². The molecule has 1 amide bonds. The van der Waals surface area contributed by atoms with Crippen molar-refractivity contribution in [2.24, 2.45) is 10.9 Å². The van der Waals surface area contributed by atoms with E-state index >= 15 is 0 Å². The number of carbonyl (C=O) groups is 1. The maximum atomic E-state index is 12.1. The molecule has 0 saturated carbocycles. The minimum atomic E-state index is -0.468. The fourth-order valence-electron chi connectivity index (χ4n) is 3.17. The summed E-state index contributed by atoms with van der Waals surface area (Å²) in [5, 5.41) is 6.92. The van der Waals surface area contributed by atoms with E-state index < -0.39 is 5.60 Å². The van der Waals surface area contributed by atoms with E-state index in [0.29, 0.717) is 18.6 Å². The highest BCUT2D eigenvalue weighted by atomic mass is 16.6. The highest BCUT2D eigenvalue weighted by molar-refractivity contribution is 5.80. The van der Waals surface area contributed by atoms with Crippen molar-refractivity contribution in [3.8, 4) is 0 Å². The van der Waals surface area contributed by atoms with E-state index in [0.717, 1.165) is 38.4 Å². The zero-order valence-electron chi connectivity index (χ0n) is 18.6. The number of rotatable bonds is 6. The molecule has 1 aliphatic heterocycles. The summed E-state index contributed by atoms with van der Waals surface area (Å²) in [5.41, 5.74) is -0.468. The van der Waals surface area contributed by atoms with Gasteiger partial charge in [-0.15, -0.1) is 0 Å². The second-order valence-electron chi connectivity index (χ2n) is 8.97. The molecular weight excluding hydrogens is 342 g/mol. The molecule has 0 aromatic carbocycles.